The van der Waals surface area contributed by atoms with Crippen molar-refractivity contribution in [2.75, 3.05) is 18.0 Å². The number of hydrogen-bond acceptors (Lipinski definition) is 4. The van der Waals surface area contributed by atoms with Gasteiger partial charge in [-0.2, -0.15) is 5.10 Å². The smallest absolute Gasteiger partial charge is 0.287 e. The molecule has 1 N–H and O–H groups in total. The molecule has 18 heavy (non-hydrogen) atoms. The minimum Gasteiger partial charge on any atom is -0.366 e. The molecule has 2 rings (SSSR count). The summed E-state index contributed by atoms with van der Waals surface area (Å²) >= 11 is 6.17. The van der Waals surface area contributed by atoms with Gasteiger partial charge in [0, 0.05) is 31.7 Å². The lowest BCUT2D eigenvalue weighted by atomic mass is 10.1. The van der Waals surface area contributed by atoms with Gasteiger partial charge >= 0.3 is 0 Å². The van der Waals surface area contributed by atoms with Crippen molar-refractivity contribution in [3.8, 4) is 0 Å². The Hall–Kier alpha value is -1.07. The van der Waals surface area contributed by atoms with Crippen molar-refractivity contribution in [2.24, 2.45) is 0 Å². The molecule has 0 bridgehead atoms. The second-order valence-corrected chi connectivity index (χ2v) is 5.22. The van der Waals surface area contributed by atoms with E-state index >= 15 is 0 Å². The average Bonchev–Trinajstić information content (AvgIpc) is 2.31. The van der Waals surface area contributed by atoms with Crippen LogP contribution < -0.4 is 15.8 Å². The normalized spacial score (nSPS) is 24.3. The van der Waals surface area contributed by atoms with Crippen molar-refractivity contribution in [3.05, 3.63) is 21.6 Å². The summed E-state index contributed by atoms with van der Waals surface area (Å²) in [5.74, 6) is 0. The fourth-order valence-corrected chi connectivity index (χ4v) is 2.69. The molecule has 2 atom stereocenters. The van der Waals surface area contributed by atoms with Crippen LogP contribution in [0.3, 0.4) is 0 Å². The maximum absolute atomic E-state index is 12.0. The first kappa shape index (κ1) is 13.4. The van der Waals surface area contributed by atoms with Crippen molar-refractivity contribution < 1.29 is 0 Å². The largest absolute Gasteiger partial charge is 0.366 e. The molecule has 0 saturated carbocycles. The molecule has 0 aromatic carbocycles. The Morgan fingerprint density at radius 3 is 2.61 bits per heavy atom. The van der Waals surface area contributed by atoms with E-state index in [2.05, 4.69) is 29.2 Å². The number of aryl methyl sites for hydroxylation is 1. The third kappa shape index (κ3) is 2.52. The highest BCUT2D eigenvalue weighted by Gasteiger charge is 2.24. The van der Waals surface area contributed by atoms with Crippen LogP contribution in [0.15, 0.2) is 11.0 Å². The molecule has 0 amide bonds. The van der Waals surface area contributed by atoms with E-state index in [0.29, 0.717) is 18.6 Å². The van der Waals surface area contributed by atoms with E-state index in [1.165, 1.54) is 4.68 Å². The molecule has 5 nitrogen and oxygen atoms in total. The van der Waals surface area contributed by atoms with Crippen LogP contribution >= 0.6 is 11.6 Å². The Morgan fingerprint density at radius 1 is 1.44 bits per heavy atom. The summed E-state index contributed by atoms with van der Waals surface area (Å²) in [6.45, 7) is 8.32. The average molecular weight is 271 g/mol. The molecule has 0 spiro atoms. The molecule has 6 heteroatoms. The second kappa shape index (κ2) is 5.28. The zero-order valence-electron chi connectivity index (χ0n) is 11.0. The minimum absolute atomic E-state index is 0.212. The van der Waals surface area contributed by atoms with Crippen LogP contribution in [0.1, 0.15) is 20.8 Å². The van der Waals surface area contributed by atoms with Gasteiger partial charge in [0.1, 0.15) is 5.02 Å². The van der Waals surface area contributed by atoms with E-state index in [0.717, 1.165) is 18.8 Å². The number of piperazine rings is 1. The number of nitrogens with zero attached hydrogens (tertiary/aromatic N) is 3. The summed E-state index contributed by atoms with van der Waals surface area (Å²) < 4.78 is 1.38. The van der Waals surface area contributed by atoms with E-state index in [1.54, 1.807) is 6.20 Å². The van der Waals surface area contributed by atoms with Crippen LogP contribution in [0, 0.1) is 0 Å². The Bertz CT molecular complexity index is 477. The molecule has 100 valence electrons. The molecule has 1 aliphatic heterocycles. The first-order valence-electron chi connectivity index (χ1n) is 6.29. The highest BCUT2D eigenvalue weighted by atomic mass is 35.5. The van der Waals surface area contributed by atoms with Gasteiger partial charge in [-0.25, -0.2) is 4.68 Å². The van der Waals surface area contributed by atoms with Gasteiger partial charge in [-0.05, 0) is 20.8 Å². The fourth-order valence-electron chi connectivity index (χ4n) is 2.43. The summed E-state index contributed by atoms with van der Waals surface area (Å²) in [7, 11) is 0. The Morgan fingerprint density at radius 2 is 2.06 bits per heavy atom. The predicted octanol–water partition coefficient (Wildman–Crippen LogP) is 1.10. The van der Waals surface area contributed by atoms with E-state index in [-0.39, 0.29) is 10.6 Å². The molecule has 1 aromatic heterocycles. The summed E-state index contributed by atoms with van der Waals surface area (Å²) in [6, 6.07) is 0.747. The first-order chi connectivity index (χ1) is 8.52. The lowest BCUT2D eigenvalue weighted by Gasteiger charge is -2.37. The van der Waals surface area contributed by atoms with E-state index in [1.807, 2.05) is 6.92 Å². The van der Waals surface area contributed by atoms with E-state index in [9.17, 15) is 4.79 Å². The van der Waals surface area contributed by atoms with Gasteiger partial charge in [0.2, 0.25) is 0 Å². The van der Waals surface area contributed by atoms with Gasteiger partial charge in [-0.1, -0.05) is 11.6 Å². The topological polar surface area (TPSA) is 50.2 Å². The summed E-state index contributed by atoms with van der Waals surface area (Å²) in [6.07, 6.45) is 1.69. The van der Waals surface area contributed by atoms with Gasteiger partial charge in [0.05, 0.1) is 11.9 Å². The zero-order valence-corrected chi connectivity index (χ0v) is 11.7. The SMILES string of the molecule is CCn1ncc(N2CC(C)NC(C)C2)c(Cl)c1=O. The Balaban J connectivity index is 2.34. The number of rotatable bonds is 2. The lowest BCUT2D eigenvalue weighted by molar-refractivity contribution is 0.406. The van der Waals surface area contributed by atoms with Gasteiger partial charge in [0.15, 0.2) is 0 Å². The Kier molecular flexibility index (Phi) is 3.92. The number of anilines is 1. The van der Waals surface area contributed by atoms with Gasteiger partial charge < -0.3 is 10.2 Å². The standard InChI is InChI=1S/C12H19ClN4O/c1-4-17-12(18)11(13)10(5-14-17)16-6-8(2)15-9(3)7-16/h5,8-9,15H,4,6-7H2,1-3H3. The molecule has 0 radical (unpaired) electrons. The second-order valence-electron chi connectivity index (χ2n) is 4.84. The highest BCUT2D eigenvalue weighted by molar-refractivity contribution is 6.33. The third-order valence-corrected chi connectivity index (χ3v) is 3.52. The monoisotopic (exact) mass is 270 g/mol. The van der Waals surface area contributed by atoms with Crippen LogP contribution in [0.4, 0.5) is 5.69 Å². The molecule has 1 fully saturated rings. The summed E-state index contributed by atoms with van der Waals surface area (Å²) in [4.78, 5) is 14.1. The highest BCUT2D eigenvalue weighted by Crippen LogP contribution is 2.23. The molecular weight excluding hydrogens is 252 g/mol. The van der Waals surface area contributed by atoms with Crippen molar-refractivity contribution in [1.82, 2.24) is 15.1 Å². The van der Waals surface area contributed by atoms with Crippen LogP contribution in [-0.4, -0.2) is 35.0 Å². The van der Waals surface area contributed by atoms with Crippen molar-refractivity contribution >= 4 is 17.3 Å². The molecule has 1 aromatic rings. The number of aromatic nitrogens is 2. The van der Waals surface area contributed by atoms with Gasteiger partial charge in [-0.15, -0.1) is 0 Å². The fraction of sp³-hybridized carbons (Fsp3) is 0.667. The number of halogens is 1. The minimum atomic E-state index is -0.212. The molecule has 1 saturated heterocycles. The third-order valence-electron chi connectivity index (χ3n) is 3.16. The Labute approximate surface area is 112 Å². The molecule has 2 unspecified atom stereocenters. The zero-order chi connectivity index (χ0) is 13.3. The van der Waals surface area contributed by atoms with Gasteiger partial charge in [0.25, 0.3) is 5.56 Å². The van der Waals surface area contributed by atoms with E-state index < -0.39 is 0 Å². The van der Waals surface area contributed by atoms with Crippen molar-refractivity contribution in [2.45, 2.75) is 39.4 Å². The first-order valence-corrected chi connectivity index (χ1v) is 6.67. The number of nitrogens with one attached hydrogen (secondary N) is 1. The maximum atomic E-state index is 12.0. The maximum Gasteiger partial charge on any atom is 0.287 e. The van der Waals surface area contributed by atoms with Crippen LogP contribution in [0.5, 0.6) is 0 Å². The molecular formula is C12H19ClN4O. The summed E-state index contributed by atoms with van der Waals surface area (Å²) in [5.41, 5.74) is 0.530. The van der Waals surface area contributed by atoms with Crippen LogP contribution in [0.25, 0.3) is 0 Å². The van der Waals surface area contributed by atoms with E-state index in [4.69, 9.17) is 11.6 Å². The molecule has 0 aliphatic carbocycles. The van der Waals surface area contributed by atoms with Crippen LogP contribution in [0.2, 0.25) is 5.02 Å². The van der Waals surface area contributed by atoms with Crippen molar-refractivity contribution in [1.29, 1.82) is 0 Å². The summed E-state index contributed by atoms with van der Waals surface area (Å²) in [5, 5.41) is 7.86. The lowest BCUT2D eigenvalue weighted by Crippen LogP contribution is -2.54. The van der Waals surface area contributed by atoms with Crippen molar-refractivity contribution in [3.63, 3.8) is 0 Å². The predicted molar refractivity (Wildman–Crippen MR) is 73.5 cm³/mol. The molecule has 2 heterocycles. The quantitative estimate of drug-likeness (QED) is 0.875. The van der Waals surface area contributed by atoms with Crippen LogP contribution in [-0.2, 0) is 6.54 Å². The molecule has 1 aliphatic rings. The number of hydrogen-bond donors (Lipinski definition) is 1. The van der Waals surface area contributed by atoms with Gasteiger partial charge in [-0.3, -0.25) is 4.79 Å².